The lowest BCUT2D eigenvalue weighted by molar-refractivity contribution is -0.137. The van der Waals surface area contributed by atoms with Gasteiger partial charge in [0, 0.05) is 43.2 Å². The first-order valence-corrected chi connectivity index (χ1v) is 37.1. The number of fused-ring (bicyclic) bond motifs is 1. The number of aliphatic imine (C=N–C) groups is 3. The number of H-pyrrole nitrogens is 1. The number of nitrogens with two attached hydrogens (primary N) is 9. The number of nitrogens with zero attached hydrogens (tertiary/aromatic N) is 3. The third-order valence-electron chi connectivity index (χ3n) is 18.3. The van der Waals surface area contributed by atoms with Gasteiger partial charge in [0.15, 0.2) is 17.9 Å². The Morgan fingerprint density at radius 3 is 1.21 bits per heavy atom. The van der Waals surface area contributed by atoms with Crippen LogP contribution in [0.1, 0.15) is 173 Å². The Kier molecular flexibility index (Phi) is 41.5. The number of aromatic amines is 1. The Balaban J connectivity index is 2.51. The molecule has 602 valence electrons. The van der Waals surface area contributed by atoms with Crippen LogP contribution >= 0.6 is 0 Å². The largest absolute Gasteiger partial charge is 0.370 e. The number of unbranched alkanes of at least 4 members (excludes halogenated alkanes) is 1. The van der Waals surface area contributed by atoms with Gasteiger partial charge in [0.05, 0.1) is 6.04 Å². The zero-order valence-electron chi connectivity index (χ0n) is 64.7. The number of para-hydroxylation sites is 1. The first kappa shape index (κ1) is 93.2. The van der Waals surface area contributed by atoms with Gasteiger partial charge in [-0.2, -0.15) is 0 Å². The number of rotatable bonds is 50. The number of nitrogens with one attached hydrogen (secondary N) is 12. The van der Waals surface area contributed by atoms with E-state index in [0.29, 0.717) is 37.8 Å². The number of benzene rings is 1. The summed E-state index contributed by atoms with van der Waals surface area (Å²) in [5.74, 6) is -12.6. The number of guanidine groups is 3. The lowest BCUT2D eigenvalue weighted by Crippen LogP contribution is -2.62. The van der Waals surface area contributed by atoms with Crippen molar-refractivity contribution in [2.75, 3.05) is 26.2 Å². The molecule has 14 atom stereocenters. The average Bonchev–Trinajstić information content (AvgIpc) is 1.76. The molecule has 1 aromatic carbocycles. The molecule has 36 nitrogen and oxygen atoms in total. The van der Waals surface area contributed by atoms with E-state index in [9.17, 15) is 57.5 Å². The Hall–Kier alpha value is -9.87. The van der Waals surface area contributed by atoms with Gasteiger partial charge in [0.1, 0.15) is 66.5 Å². The SMILES string of the molecule is CC[C@H](C)[C@H](NC(=O)[C@H](CCCN=C(N)N)NC(=O)[C@@H](NC(=O)[C@H](C)NC(=O)[C@@H](NC(=O)[C@@H](NC(=O)[C@H](CC(C)C)NC(=O)[C@H](CCCN=C(N)N)NC(=O)[C@@H](N)C(C)C)[C@@H](C)CC)C(C)C)C(C)C)C(=O)N[C@@H](Cc1c[nH]c2ccccc12)C(=O)N[C@@H](CCCN=C(N)N)C(=O)N[C@@H](CCCCN)C(N)=O. The standard InChI is InChI=1S/C71H126N24O12/c1-14-40(11)55(67(106)91-51(34-43-35-84-45-24-17-16-23-44(43)45)62(101)87-47(26-20-30-81-69(75)76)59(98)86-46(57(74)96)25-18-19-29-72)94-61(100)49(28-22-32-83-71(79)80)89-66(105)54(39(9)10)92-58(97)42(13)85-65(104)53(38(7)8)93-68(107)56(41(12)15-2)95-63(102)50(33-36(3)4)90-60(99)48(27-21-31-82-70(77)78)88-64(103)52(73)37(5)6/h16-17,23-24,35-42,46-56,84H,14-15,18-22,25-34,72-73H2,1-13H3,(H2,74,96)(H,85,104)(H,86,98)(H,87,101)(H,88,103)(H,89,105)(H,90,99)(H,91,106)(H,92,97)(H,93,107)(H,94,100)(H,95,102)(H4,75,76,81)(H4,77,78,82)(H4,79,80,83)/t40-,41-,42-,46-,47-,48-,49-,50-,51-,52-,53-,54-,55-,56-/m0/s1. The van der Waals surface area contributed by atoms with Gasteiger partial charge in [-0.1, -0.05) is 114 Å². The van der Waals surface area contributed by atoms with Crippen LogP contribution in [0.2, 0.25) is 0 Å². The highest BCUT2D eigenvalue weighted by molar-refractivity contribution is 6.00. The molecular formula is C71H126N24O12. The number of amides is 12. The molecule has 0 aliphatic rings. The van der Waals surface area contributed by atoms with Crippen LogP contribution in [0, 0.1) is 35.5 Å². The summed E-state index contributed by atoms with van der Waals surface area (Å²) in [4.78, 5) is 185. The number of aromatic nitrogens is 1. The van der Waals surface area contributed by atoms with Crippen LogP contribution < -0.4 is 110 Å². The molecule has 30 N–H and O–H groups in total. The Labute approximate surface area is 628 Å². The monoisotopic (exact) mass is 1510 g/mol. The maximum Gasteiger partial charge on any atom is 0.243 e. The summed E-state index contributed by atoms with van der Waals surface area (Å²) in [6.45, 7) is 22.7. The van der Waals surface area contributed by atoms with Crippen molar-refractivity contribution in [3.05, 3.63) is 36.0 Å². The number of carbonyl (C=O) groups is 12. The molecule has 12 amide bonds. The summed E-state index contributed by atoms with van der Waals surface area (Å²) >= 11 is 0. The smallest absolute Gasteiger partial charge is 0.243 e. The van der Waals surface area contributed by atoms with Gasteiger partial charge < -0.3 is 115 Å². The third-order valence-corrected chi connectivity index (χ3v) is 18.3. The van der Waals surface area contributed by atoms with Crippen molar-refractivity contribution in [3.63, 3.8) is 0 Å². The van der Waals surface area contributed by atoms with Crippen molar-refractivity contribution >= 4 is 99.7 Å². The lowest BCUT2D eigenvalue weighted by atomic mass is 9.95. The minimum atomic E-state index is -1.42. The number of hydrogen-bond acceptors (Lipinski definition) is 17. The van der Waals surface area contributed by atoms with E-state index in [4.69, 9.17) is 51.6 Å². The predicted molar refractivity (Wildman–Crippen MR) is 412 cm³/mol. The molecule has 0 unspecified atom stereocenters. The van der Waals surface area contributed by atoms with Crippen LogP contribution in [0.25, 0.3) is 10.9 Å². The van der Waals surface area contributed by atoms with Crippen LogP contribution in [-0.2, 0) is 64.0 Å². The minimum absolute atomic E-state index is 0.0151. The van der Waals surface area contributed by atoms with Gasteiger partial charge in [0.25, 0.3) is 0 Å². The van der Waals surface area contributed by atoms with Crippen molar-refractivity contribution < 1.29 is 57.5 Å². The molecule has 0 saturated carbocycles. The van der Waals surface area contributed by atoms with Gasteiger partial charge in [-0.05, 0) is 125 Å². The summed E-state index contributed by atoms with van der Waals surface area (Å²) < 4.78 is 0. The summed E-state index contributed by atoms with van der Waals surface area (Å²) in [6, 6.07) is -7.86. The highest BCUT2D eigenvalue weighted by Crippen LogP contribution is 2.21. The lowest BCUT2D eigenvalue weighted by Gasteiger charge is -2.31. The second-order valence-electron chi connectivity index (χ2n) is 28.8. The van der Waals surface area contributed by atoms with Crippen LogP contribution in [0.5, 0.6) is 0 Å². The second kappa shape index (κ2) is 47.6. The summed E-state index contributed by atoms with van der Waals surface area (Å²) in [5, 5.41) is 30.8. The van der Waals surface area contributed by atoms with E-state index in [1.807, 2.05) is 32.0 Å². The molecule has 2 rings (SSSR count). The average molecular weight is 1510 g/mol. The molecule has 0 fully saturated rings. The first-order chi connectivity index (χ1) is 50.3. The van der Waals surface area contributed by atoms with Crippen LogP contribution in [0.4, 0.5) is 0 Å². The molecular weight excluding hydrogens is 1380 g/mol. The van der Waals surface area contributed by atoms with E-state index in [0.717, 1.165) is 10.9 Å². The fourth-order valence-corrected chi connectivity index (χ4v) is 11.3. The molecule has 0 radical (unpaired) electrons. The topological polar surface area (TPSA) is 624 Å². The predicted octanol–water partition coefficient (Wildman–Crippen LogP) is -2.73. The Morgan fingerprint density at radius 2 is 0.766 bits per heavy atom. The second-order valence-corrected chi connectivity index (χ2v) is 28.8. The molecule has 0 saturated heterocycles. The van der Waals surface area contributed by atoms with E-state index in [2.05, 4.69) is 78.4 Å². The van der Waals surface area contributed by atoms with E-state index in [-0.39, 0.29) is 107 Å². The maximum atomic E-state index is 14.9. The van der Waals surface area contributed by atoms with Crippen molar-refractivity contribution in [1.82, 2.24) is 63.5 Å². The molecule has 2 aromatic rings. The first-order valence-electron chi connectivity index (χ1n) is 37.1. The summed E-state index contributed by atoms with van der Waals surface area (Å²) in [6.07, 6.45) is 4.10. The summed E-state index contributed by atoms with van der Waals surface area (Å²) in [7, 11) is 0. The van der Waals surface area contributed by atoms with E-state index in [1.165, 1.54) is 6.92 Å². The highest BCUT2D eigenvalue weighted by atomic mass is 16.2. The Morgan fingerprint density at radius 1 is 0.402 bits per heavy atom. The fourth-order valence-electron chi connectivity index (χ4n) is 11.3. The maximum absolute atomic E-state index is 14.9. The molecule has 0 aliphatic heterocycles. The van der Waals surface area contributed by atoms with Crippen LogP contribution in [0.15, 0.2) is 45.4 Å². The van der Waals surface area contributed by atoms with Crippen molar-refractivity contribution in [2.24, 2.45) is 102 Å². The summed E-state index contributed by atoms with van der Waals surface area (Å²) in [5.41, 5.74) is 52.2. The molecule has 36 heteroatoms. The molecule has 0 bridgehead atoms. The van der Waals surface area contributed by atoms with Crippen molar-refractivity contribution in [3.8, 4) is 0 Å². The number of primary amides is 1. The zero-order chi connectivity index (χ0) is 80.9. The highest BCUT2D eigenvalue weighted by Gasteiger charge is 2.39. The van der Waals surface area contributed by atoms with Gasteiger partial charge in [0.2, 0.25) is 70.9 Å². The van der Waals surface area contributed by atoms with Gasteiger partial charge in [-0.15, -0.1) is 0 Å². The number of carbonyl (C=O) groups excluding carboxylic acids is 12. The fraction of sp³-hybridized carbons (Fsp3) is 0.676. The van der Waals surface area contributed by atoms with Crippen LogP contribution in [0.3, 0.4) is 0 Å². The van der Waals surface area contributed by atoms with E-state index in [1.54, 1.807) is 81.5 Å². The quantitative estimate of drug-likeness (QED) is 0.0182. The Bertz CT molecular complexity index is 3330. The van der Waals surface area contributed by atoms with Gasteiger partial charge in [-0.3, -0.25) is 72.5 Å². The normalized spacial score (nSPS) is 15.3. The molecule has 1 aromatic heterocycles. The molecule has 107 heavy (non-hydrogen) atoms. The van der Waals surface area contributed by atoms with Gasteiger partial charge >= 0.3 is 0 Å². The number of hydrogen-bond donors (Lipinski definition) is 21. The minimum Gasteiger partial charge on any atom is -0.370 e. The van der Waals surface area contributed by atoms with Crippen LogP contribution in [-0.4, -0.2) is 192 Å². The van der Waals surface area contributed by atoms with E-state index >= 15 is 0 Å². The van der Waals surface area contributed by atoms with E-state index < -0.39 is 167 Å². The molecule has 0 spiro atoms. The zero-order valence-corrected chi connectivity index (χ0v) is 64.7. The molecule has 0 aliphatic carbocycles. The van der Waals surface area contributed by atoms with Crippen molar-refractivity contribution in [2.45, 2.75) is 246 Å². The van der Waals surface area contributed by atoms with Crippen molar-refractivity contribution in [1.29, 1.82) is 0 Å². The van der Waals surface area contributed by atoms with Gasteiger partial charge in [-0.25, -0.2) is 0 Å². The molecule has 1 heterocycles. The third kappa shape index (κ3) is 33.2.